The molecule has 0 aliphatic rings. The van der Waals surface area contributed by atoms with Gasteiger partial charge < -0.3 is 0 Å². The second kappa shape index (κ2) is 7.87. The molecule has 3 aromatic rings. The molecule has 0 aliphatic carbocycles. The summed E-state index contributed by atoms with van der Waals surface area (Å²) in [4.78, 5) is 16.2. The third-order valence-corrected chi connectivity index (χ3v) is 5.62. The third kappa shape index (κ3) is 4.40. The number of amides is 1. The first kappa shape index (κ1) is 17.1. The smallest absolute Gasteiger partial charge is 0.250 e. The number of halogens is 2. The SMILES string of the molecule is O=C(CSc1nc2ccccc2s1)N/N=C\c1cc(Br)ccc1F. The largest absolute Gasteiger partial charge is 0.272 e. The van der Waals surface area contributed by atoms with Gasteiger partial charge in [-0.1, -0.05) is 39.8 Å². The molecule has 0 saturated heterocycles. The molecule has 24 heavy (non-hydrogen) atoms. The molecule has 0 atom stereocenters. The number of thioether (sulfide) groups is 1. The number of nitrogens with one attached hydrogen (secondary N) is 1. The number of carbonyl (C=O) groups is 1. The molecular weight excluding hydrogens is 413 g/mol. The van der Waals surface area contributed by atoms with Crippen LogP contribution in [0, 0.1) is 5.82 Å². The molecule has 0 unspecified atom stereocenters. The molecular formula is C16H11BrFN3OS2. The van der Waals surface area contributed by atoms with Gasteiger partial charge in [0.15, 0.2) is 4.34 Å². The van der Waals surface area contributed by atoms with E-state index in [4.69, 9.17) is 0 Å². The summed E-state index contributed by atoms with van der Waals surface area (Å²) >= 11 is 6.15. The zero-order valence-electron chi connectivity index (χ0n) is 12.2. The Morgan fingerprint density at radius 1 is 1.38 bits per heavy atom. The Hall–Kier alpha value is -1.77. The Morgan fingerprint density at radius 3 is 3.04 bits per heavy atom. The molecule has 4 nitrogen and oxygen atoms in total. The summed E-state index contributed by atoms with van der Waals surface area (Å²) in [5.41, 5.74) is 3.61. The first-order chi connectivity index (χ1) is 11.6. The van der Waals surface area contributed by atoms with Crippen LogP contribution < -0.4 is 5.43 Å². The number of hydrazone groups is 1. The van der Waals surface area contributed by atoms with E-state index in [0.29, 0.717) is 5.56 Å². The van der Waals surface area contributed by atoms with Gasteiger partial charge in [-0.05, 0) is 30.3 Å². The van der Waals surface area contributed by atoms with Crippen molar-refractivity contribution in [1.82, 2.24) is 10.4 Å². The van der Waals surface area contributed by atoms with Crippen LogP contribution in [0.1, 0.15) is 5.56 Å². The fourth-order valence-electron chi connectivity index (χ4n) is 1.86. The van der Waals surface area contributed by atoms with Crippen LogP contribution >= 0.6 is 39.0 Å². The van der Waals surface area contributed by atoms with Crippen LogP contribution in [0.25, 0.3) is 10.2 Å². The summed E-state index contributed by atoms with van der Waals surface area (Å²) in [7, 11) is 0. The number of fused-ring (bicyclic) bond motifs is 1. The van der Waals surface area contributed by atoms with E-state index in [1.165, 1.54) is 24.0 Å². The topological polar surface area (TPSA) is 54.4 Å². The summed E-state index contributed by atoms with van der Waals surface area (Å²) in [6, 6.07) is 12.3. The van der Waals surface area contributed by atoms with Crippen molar-refractivity contribution in [2.45, 2.75) is 4.34 Å². The molecule has 0 spiro atoms. The minimum atomic E-state index is -0.403. The number of thiazole rings is 1. The van der Waals surface area contributed by atoms with Gasteiger partial charge in [0.05, 0.1) is 22.2 Å². The molecule has 0 radical (unpaired) electrons. The second-order valence-corrected chi connectivity index (χ2v) is 7.86. The lowest BCUT2D eigenvalue weighted by atomic mass is 10.2. The van der Waals surface area contributed by atoms with Gasteiger partial charge >= 0.3 is 0 Å². The average molecular weight is 424 g/mol. The maximum atomic E-state index is 13.5. The Kier molecular flexibility index (Phi) is 5.60. The highest BCUT2D eigenvalue weighted by Gasteiger charge is 2.07. The minimum Gasteiger partial charge on any atom is -0.272 e. The van der Waals surface area contributed by atoms with Gasteiger partial charge in [0.2, 0.25) is 0 Å². The lowest BCUT2D eigenvalue weighted by Gasteiger charge is -1.99. The number of nitrogens with zero attached hydrogens (tertiary/aromatic N) is 2. The molecule has 3 rings (SSSR count). The van der Waals surface area contributed by atoms with E-state index in [-0.39, 0.29) is 11.7 Å². The maximum Gasteiger partial charge on any atom is 0.250 e. The number of hydrogen-bond acceptors (Lipinski definition) is 5. The van der Waals surface area contributed by atoms with E-state index in [2.05, 4.69) is 31.4 Å². The highest BCUT2D eigenvalue weighted by Crippen LogP contribution is 2.28. The Labute approximate surface area is 154 Å². The van der Waals surface area contributed by atoms with Gasteiger partial charge in [-0.2, -0.15) is 5.10 Å². The van der Waals surface area contributed by atoms with Crippen molar-refractivity contribution < 1.29 is 9.18 Å². The molecule has 2 aromatic carbocycles. The molecule has 0 saturated carbocycles. The van der Waals surface area contributed by atoms with Gasteiger partial charge in [-0.25, -0.2) is 14.8 Å². The Bertz CT molecular complexity index is 880. The third-order valence-electron chi connectivity index (χ3n) is 2.95. The van der Waals surface area contributed by atoms with Crippen molar-refractivity contribution in [3.8, 4) is 0 Å². The number of benzene rings is 2. The zero-order valence-corrected chi connectivity index (χ0v) is 15.4. The van der Waals surface area contributed by atoms with Gasteiger partial charge in [-0.3, -0.25) is 4.79 Å². The fourth-order valence-corrected chi connectivity index (χ4v) is 4.10. The lowest BCUT2D eigenvalue weighted by molar-refractivity contribution is -0.118. The van der Waals surface area contributed by atoms with Crippen molar-refractivity contribution in [1.29, 1.82) is 0 Å². The number of aromatic nitrogens is 1. The number of carbonyl (C=O) groups excluding carboxylic acids is 1. The van der Waals surface area contributed by atoms with Crippen LogP contribution in [0.5, 0.6) is 0 Å². The normalized spacial score (nSPS) is 11.2. The molecule has 122 valence electrons. The summed E-state index contributed by atoms with van der Waals surface area (Å²) < 4.78 is 16.2. The van der Waals surface area contributed by atoms with Crippen LogP contribution in [0.15, 0.2) is 56.4 Å². The first-order valence-corrected chi connectivity index (χ1v) is 9.46. The van der Waals surface area contributed by atoms with Crippen LogP contribution in [0.3, 0.4) is 0 Å². The summed E-state index contributed by atoms with van der Waals surface area (Å²) in [5.74, 6) is -0.482. The Morgan fingerprint density at radius 2 is 2.21 bits per heavy atom. The van der Waals surface area contributed by atoms with E-state index in [9.17, 15) is 9.18 Å². The van der Waals surface area contributed by atoms with Crippen molar-refractivity contribution in [2.75, 3.05) is 5.75 Å². The molecule has 8 heteroatoms. The Balaban J connectivity index is 1.54. The molecule has 1 aromatic heterocycles. The van der Waals surface area contributed by atoms with Crippen molar-refractivity contribution in [3.63, 3.8) is 0 Å². The van der Waals surface area contributed by atoms with Crippen LogP contribution in [0.2, 0.25) is 0 Å². The van der Waals surface area contributed by atoms with E-state index in [0.717, 1.165) is 19.0 Å². The van der Waals surface area contributed by atoms with Crippen molar-refractivity contribution in [2.24, 2.45) is 5.10 Å². The predicted molar refractivity (Wildman–Crippen MR) is 100 cm³/mol. The van der Waals surface area contributed by atoms with E-state index >= 15 is 0 Å². The van der Waals surface area contributed by atoms with Gasteiger partial charge in [-0.15, -0.1) is 11.3 Å². The second-order valence-electron chi connectivity index (χ2n) is 4.70. The minimum absolute atomic E-state index is 0.193. The molecule has 0 aliphatic heterocycles. The number of rotatable bonds is 5. The summed E-state index contributed by atoms with van der Waals surface area (Å²) in [5, 5.41) is 3.78. The molecule has 1 N–H and O–H groups in total. The zero-order chi connectivity index (χ0) is 16.9. The summed E-state index contributed by atoms with van der Waals surface area (Å²) in [6.07, 6.45) is 1.28. The van der Waals surface area contributed by atoms with Gasteiger partial charge in [0.25, 0.3) is 5.91 Å². The standard InChI is InChI=1S/C16H11BrFN3OS2/c17-11-5-6-12(18)10(7-11)8-19-21-15(22)9-23-16-20-13-3-1-2-4-14(13)24-16/h1-8H,9H2,(H,21,22)/b19-8-. The molecule has 1 amide bonds. The first-order valence-electron chi connectivity index (χ1n) is 6.87. The number of para-hydroxylation sites is 1. The van der Waals surface area contributed by atoms with Gasteiger partial charge in [0, 0.05) is 10.0 Å². The van der Waals surface area contributed by atoms with Crippen molar-refractivity contribution in [3.05, 3.63) is 58.3 Å². The fraction of sp³-hybridized carbons (Fsp3) is 0.0625. The molecule has 0 fully saturated rings. The van der Waals surface area contributed by atoms with E-state index in [1.807, 2.05) is 24.3 Å². The van der Waals surface area contributed by atoms with Gasteiger partial charge in [0.1, 0.15) is 5.82 Å². The van der Waals surface area contributed by atoms with Crippen LogP contribution in [-0.2, 0) is 4.79 Å². The highest BCUT2D eigenvalue weighted by atomic mass is 79.9. The maximum absolute atomic E-state index is 13.5. The lowest BCUT2D eigenvalue weighted by Crippen LogP contribution is -2.19. The summed E-state index contributed by atoms with van der Waals surface area (Å²) in [6.45, 7) is 0. The monoisotopic (exact) mass is 423 g/mol. The van der Waals surface area contributed by atoms with Crippen molar-refractivity contribution >= 4 is 61.4 Å². The molecule has 0 bridgehead atoms. The molecule has 1 heterocycles. The quantitative estimate of drug-likeness (QED) is 0.374. The predicted octanol–water partition coefficient (Wildman–Crippen LogP) is 4.44. The average Bonchev–Trinajstić information content (AvgIpc) is 2.99. The van der Waals surface area contributed by atoms with Crippen LogP contribution in [-0.4, -0.2) is 22.9 Å². The van der Waals surface area contributed by atoms with Crippen LogP contribution in [0.4, 0.5) is 4.39 Å². The number of hydrogen-bond donors (Lipinski definition) is 1. The van der Waals surface area contributed by atoms with E-state index < -0.39 is 5.82 Å². The van der Waals surface area contributed by atoms with E-state index in [1.54, 1.807) is 23.5 Å². The highest BCUT2D eigenvalue weighted by molar-refractivity contribution is 9.10.